The molecule has 2 aromatic heterocycles. The van der Waals surface area contributed by atoms with E-state index in [0.717, 1.165) is 11.4 Å². The highest BCUT2D eigenvalue weighted by Gasteiger charge is 2.00. The first-order chi connectivity index (χ1) is 6.25. The number of pyridine rings is 1. The van der Waals surface area contributed by atoms with Gasteiger partial charge in [0.25, 0.3) is 0 Å². The molecule has 2 rings (SSSR count). The van der Waals surface area contributed by atoms with Gasteiger partial charge < -0.3 is 0 Å². The van der Waals surface area contributed by atoms with E-state index in [0.29, 0.717) is 5.15 Å². The predicted molar refractivity (Wildman–Crippen MR) is 48.9 cm³/mol. The first-order valence-corrected chi connectivity index (χ1v) is 4.13. The van der Waals surface area contributed by atoms with Gasteiger partial charge in [-0.05, 0) is 13.0 Å². The number of hydrogen-bond acceptors (Lipinski definition) is 3. The molecular formula is C8H7ClN4. The van der Waals surface area contributed by atoms with E-state index in [1.165, 1.54) is 6.33 Å². The number of halogens is 1. The number of aryl methyl sites for hydroxylation is 1. The van der Waals surface area contributed by atoms with E-state index < -0.39 is 0 Å². The number of hydrogen-bond donors (Lipinski definition) is 0. The van der Waals surface area contributed by atoms with Crippen molar-refractivity contribution >= 4 is 11.6 Å². The minimum absolute atomic E-state index is 0.463. The lowest BCUT2D eigenvalue weighted by Crippen LogP contribution is -1.96. The molecule has 0 atom stereocenters. The van der Waals surface area contributed by atoms with Crippen molar-refractivity contribution in [3.05, 3.63) is 35.6 Å². The second-order valence-corrected chi connectivity index (χ2v) is 3.02. The van der Waals surface area contributed by atoms with E-state index in [2.05, 4.69) is 15.1 Å². The normalized spacial score (nSPS) is 10.3. The highest BCUT2D eigenvalue weighted by molar-refractivity contribution is 6.29. The third-order valence-corrected chi connectivity index (χ3v) is 1.78. The average molecular weight is 195 g/mol. The van der Waals surface area contributed by atoms with Crippen molar-refractivity contribution in [2.75, 3.05) is 0 Å². The Hall–Kier alpha value is -1.42. The van der Waals surface area contributed by atoms with Crippen LogP contribution in [0.5, 0.6) is 0 Å². The van der Waals surface area contributed by atoms with Gasteiger partial charge in [0.05, 0.1) is 5.69 Å². The van der Waals surface area contributed by atoms with E-state index >= 15 is 0 Å². The van der Waals surface area contributed by atoms with Crippen molar-refractivity contribution in [1.82, 2.24) is 19.7 Å². The van der Waals surface area contributed by atoms with Crippen molar-refractivity contribution < 1.29 is 0 Å². The van der Waals surface area contributed by atoms with E-state index in [9.17, 15) is 0 Å². The van der Waals surface area contributed by atoms with Gasteiger partial charge in [0.1, 0.15) is 17.8 Å². The lowest BCUT2D eigenvalue weighted by atomic mass is 10.3. The fraction of sp³-hybridized carbons (Fsp3) is 0.125. The van der Waals surface area contributed by atoms with Crippen LogP contribution < -0.4 is 0 Å². The first-order valence-electron chi connectivity index (χ1n) is 3.75. The van der Waals surface area contributed by atoms with Gasteiger partial charge in [0.15, 0.2) is 0 Å². The van der Waals surface area contributed by atoms with Crippen LogP contribution in [0.2, 0.25) is 5.15 Å². The molecular weight excluding hydrogens is 188 g/mol. The van der Waals surface area contributed by atoms with Crippen molar-refractivity contribution in [3.63, 3.8) is 0 Å². The third kappa shape index (κ3) is 1.67. The first kappa shape index (κ1) is 8.19. The molecule has 2 heterocycles. The highest BCUT2D eigenvalue weighted by atomic mass is 35.5. The number of nitrogens with zero attached hydrogens (tertiary/aromatic N) is 4. The number of rotatable bonds is 1. The molecule has 66 valence electrons. The van der Waals surface area contributed by atoms with Gasteiger partial charge in [-0.3, -0.25) is 0 Å². The average Bonchev–Trinajstić information content (AvgIpc) is 2.53. The Bertz CT molecular complexity index is 390. The second kappa shape index (κ2) is 3.14. The predicted octanol–water partition coefficient (Wildman–Crippen LogP) is 1.62. The summed E-state index contributed by atoms with van der Waals surface area (Å²) in [5.41, 5.74) is 1.73. The Kier molecular flexibility index (Phi) is 1.98. The molecule has 0 radical (unpaired) electrons. The molecule has 4 nitrogen and oxygen atoms in total. The van der Waals surface area contributed by atoms with E-state index in [1.54, 1.807) is 17.1 Å². The summed E-state index contributed by atoms with van der Waals surface area (Å²) < 4.78 is 1.64. The van der Waals surface area contributed by atoms with Gasteiger partial charge in [-0.1, -0.05) is 11.6 Å². The topological polar surface area (TPSA) is 43.6 Å². The van der Waals surface area contributed by atoms with Crippen LogP contribution in [0.1, 0.15) is 5.69 Å². The maximum absolute atomic E-state index is 5.79. The molecule has 0 fully saturated rings. The minimum Gasteiger partial charge on any atom is -0.241 e. The zero-order chi connectivity index (χ0) is 9.26. The van der Waals surface area contributed by atoms with Gasteiger partial charge in [-0.15, -0.1) is 0 Å². The molecule has 0 unspecified atom stereocenters. The standard InChI is InChI=1S/C8H7ClN4/c1-6-2-7(3-8(9)12-6)13-5-10-4-11-13/h2-5H,1H3. The zero-order valence-electron chi connectivity index (χ0n) is 6.98. The van der Waals surface area contributed by atoms with E-state index in [4.69, 9.17) is 11.6 Å². The quantitative estimate of drug-likeness (QED) is 0.648. The molecule has 0 saturated heterocycles. The van der Waals surface area contributed by atoms with Crippen LogP contribution in [0.4, 0.5) is 0 Å². The van der Waals surface area contributed by atoms with Crippen molar-refractivity contribution in [2.45, 2.75) is 6.92 Å². The van der Waals surface area contributed by atoms with Gasteiger partial charge in [0.2, 0.25) is 0 Å². The van der Waals surface area contributed by atoms with Crippen LogP contribution in [0.15, 0.2) is 24.8 Å². The largest absolute Gasteiger partial charge is 0.241 e. The van der Waals surface area contributed by atoms with Gasteiger partial charge >= 0.3 is 0 Å². The summed E-state index contributed by atoms with van der Waals surface area (Å²) in [7, 11) is 0. The molecule has 0 aliphatic rings. The Morgan fingerprint density at radius 2 is 2.23 bits per heavy atom. The Morgan fingerprint density at radius 3 is 2.85 bits per heavy atom. The van der Waals surface area contributed by atoms with Crippen LogP contribution in [0.25, 0.3) is 5.69 Å². The molecule has 13 heavy (non-hydrogen) atoms. The Balaban J connectivity index is 2.53. The lowest BCUT2D eigenvalue weighted by molar-refractivity contribution is 0.873. The SMILES string of the molecule is Cc1cc(-n2cncn2)cc(Cl)n1. The fourth-order valence-electron chi connectivity index (χ4n) is 1.08. The highest BCUT2D eigenvalue weighted by Crippen LogP contribution is 2.12. The van der Waals surface area contributed by atoms with Gasteiger partial charge in [-0.25, -0.2) is 14.6 Å². The summed E-state index contributed by atoms with van der Waals surface area (Å²) in [6, 6.07) is 3.63. The summed E-state index contributed by atoms with van der Waals surface area (Å²) in [6.07, 6.45) is 3.09. The molecule has 2 aromatic rings. The fourth-order valence-corrected chi connectivity index (χ4v) is 1.33. The van der Waals surface area contributed by atoms with Crippen LogP contribution in [-0.2, 0) is 0 Å². The molecule has 0 aliphatic carbocycles. The smallest absolute Gasteiger partial charge is 0.138 e. The summed E-state index contributed by atoms with van der Waals surface area (Å²) >= 11 is 5.79. The van der Waals surface area contributed by atoms with Gasteiger partial charge in [0, 0.05) is 11.8 Å². The van der Waals surface area contributed by atoms with Crippen molar-refractivity contribution in [2.24, 2.45) is 0 Å². The van der Waals surface area contributed by atoms with E-state index in [-0.39, 0.29) is 0 Å². The van der Waals surface area contributed by atoms with Crippen molar-refractivity contribution in [3.8, 4) is 5.69 Å². The van der Waals surface area contributed by atoms with Gasteiger partial charge in [-0.2, -0.15) is 5.10 Å². The van der Waals surface area contributed by atoms with Crippen LogP contribution >= 0.6 is 11.6 Å². The summed E-state index contributed by atoms with van der Waals surface area (Å²) in [4.78, 5) is 7.89. The Labute approximate surface area is 80.2 Å². The van der Waals surface area contributed by atoms with E-state index in [1.807, 2.05) is 13.0 Å². The zero-order valence-corrected chi connectivity index (χ0v) is 7.73. The molecule has 0 bridgehead atoms. The third-order valence-electron chi connectivity index (χ3n) is 1.59. The minimum atomic E-state index is 0.463. The molecule has 5 heteroatoms. The monoisotopic (exact) mass is 194 g/mol. The second-order valence-electron chi connectivity index (χ2n) is 2.63. The molecule has 0 amide bonds. The molecule has 0 spiro atoms. The summed E-state index contributed by atoms with van der Waals surface area (Å²) in [5.74, 6) is 0. The lowest BCUT2D eigenvalue weighted by Gasteiger charge is -2.01. The van der Waals surface area contributed by atoms with Crippen LogP contribution in [0.3, 0.4) is 0 Å². The molecule has 0 saturated carbocycles. The maximum atomic E-state index is 5.79. The Morgan fingerprint density at radius 1 is 1.38 bits per heavy atom. The summed E-state index contributed by atoms with van der Waals surface area (Å²) in [5, 5.41) is 4.45. The summed E-state index contributed by atoms with van der Waals surface area (Å²) in [6.45, 7) is 1.88. The molecule has 0 N–H and O–H groups in total. The number of aromatic nitrogens is 4. The maximum Gasteiger partial charge on any atom is 0.138 e. The molecule has 0 aromatic carbocycles. The molecule has 0 aliphatic heterocycles. The van der Waals surface area contributed by atoms with Crippen LogP contribution in [0, 0.1) is 6.92 Å². The van der Waals surface area contributed by atoms with Crippen molar-refractivity contribution in [1.29, 1.82) is 0 Å². The van der Waals surface area contributed by atoms with Crippen LogP contribution in [-0.4, -0.2) is 19.7 Å².